The van der Waals surface area contributed by atoms with E-state index in [-0.39, 0.29) is 12.7 Å². The second kappa shape index (κ2) is 12.4. The maximum absolute atomic E-state index is 12.7. The summed E-state index contributed by atoms with van der Waals surface area (Å²) in [6, 6.07) is 10.0. The second-order valence-corrected chi connectivity index (χ2v) is 5.31. The van der Waals surface area contributed by atoms with Gasteiger partial charge in [-0.2, -0.15) is 0 Å². The highest BCUT2D eigenvalue weighted by Crippen LogP contribution is 2.02. The van der Waals surface area contributed by atoms with Crippen molar-refractivity contribution in [3.63, 3.8) is 0 Å². The highest BCUT2D eigenvalue weighted by atomic mass is 19.1. The molecule has 0 bridgehead atoms. The summed E-state index contributed by atoms with van der Waals surface area (Å²) in [6.07, 6.45) is -2.08. The Bertz CT molecular complexity index is 391. The maximum Gasteiger partial charge on any atom is 0.137 e. The van der Waals surface area contributed by atoms with E-state index in [2.05, 4.69) is 0 Å². The van der Waals surface area contributed by atoms with Crippen LogP contribution in [0.1, 0.15) is 19.4 Å². The zero-order chi connectivity index (χ0) is 16.9. The van der Waals surface area contributed by atoms with Crippen molar-refractivity contribution in [1.29, 1.82) is 0 Å². The Kier molecular flexibility index (Phi) is 10.8. The van der Waals surface area contributed by atoms with E-state index in [0.29, 0.717) is 33.0 Å². The molecule has 0 aliphatic heterocycles. The van der Waals surface area contributed by atoms with Gasteiger partial charge in [0.2, 0.25) is 0 Å². The summed E-state index contributed by atoms with van der Waals surface area (Å²) >= 11 is 0. The van der Waals surface area contributed by atoms with E-state index in [9.17, 15) is 4.39 Å². The number of hydrogen-bond acceptors (Lipinski definition) is 5. The first-order chi connectivity index (χ1) is 11.1. The lowest BCUT2D eigenvalue weighted by Crippen LogP contribution is -2.33. The van der Waals surface area contributed by atoms with Crippen LogP contribution in [0.5, 0.6) is 0 Å². The number of halogens is 1. The standard InChI is InChI=1S/C17H28FNO4/c1-14(12-21-13-16-6-4-3-5-7-16)22-10-8-20-9-11-23-17(19)15(2)18/h3-7,14-15,17H,8-13,19H2,1-2H3. The predicted molar refractivity (Wildman–Crippen MR) is 86.8 cm³/mol. The third-order valence-electron chi connectivity index (χ3n) is 3.08. The molecule has 0 aromatic heterocycles. The predicted octanol–water partition coefficient (Wildman–Crippen LogP) is 2.28. The van der Waals surface area contributed by atoms with Crippen LogP contribution in [0, 0.1) is 0 Å². The Balaban J connectivity index is 1.91. The van der Waals surface area contributed by atoms with Crippen molar-refractivity contribution in [2.75, 3.05) is 33.0 Å². The van der Waals surface area contributed by atoms with Gasteiger partial charge in [0.05, 0.1) is 45.7 Å². The number of ether oxygens (including phenoxy) is 4. The van der Waals surface area contributed by atoms with Crippen LogP contribution >= 0.6 is 0 Å². The average molecular weight is 329 g/mol. The van der Waals surface area contributed by atoms with E-state index in [1.54, 1.807) is 0 Å². The van der Waals surface area contributed by atoms with Gasteiger partial charge in [-0.25, -0.2) is 4.39 Å². The van der Waals surface area contributed by atoms with E-state index < -0.39 is 12.4 Å². The zero-order valence-corrected chi connectivity index (χ0v) is 13.9. The Hall–Kier alpha value is -1.05. The first-order valence-corrected chi connectivity index (χ1v) is 7.92. The first-order valence-electron chi connectivity index (χ1n) is 7.92. The molecule has 0 saturated carbocycles. The third-order valence-corrected chi connectivity index (χ3v) is 3.08. The van der Waals surface area contributed by atoms with Crippen LogP contribution in [0.3, 0.4) is 0 Å². The summed E-state index contributed by atoms with van der Waals surface area (Å²) in [7, 11) is 0. The summed E-state index contributed by atoms with van der Waals surface area (Å²) in [5, 5.41) is 0. The molecular weight excluding hydrogens is 301 g/mol. The second-order valence-electron chi connectivity index (χ2n) is 5.31. The van der Waals surface area contributed by atoms with Gasteiger partial charge < -0.3 is 24.7 Å². The molecule has 5 nitrogen and oxygen atoms in total. The van der Waals surface area contributed by atoms with Gasteiger partial charge in [0.15, 0.2) is 0 Å². The van der Waals surface area contributed by atoms with Gasteiger partial charge in [-0.05, 0) is 19.4 Å². The molecule has 0 heterocycles. The molecule has 23 heavy (non-hydrogen) atoms. The molecule has 0 spiro atoms. The SMILES string of the molecule is CC(COCc1ccccc1)OCCOCCOC(N)C(C)F. The quantitative estimate of drug-likeness (QED) is 0.444. The fourth-order valence-electron chi connectivity index (χ4n) is 1.75. The third kappa shape index (κ3) is 10.4. The van der Waals surface area contributed by atoms with Crippen molar-refractivity contribution in [2.45, 2.75) is 39.0 Å². The van der Waals surface area contributed by atoms with Crippen LogP contribution in [0.4, 0.5) is 4.39 Å². The molecule has 1 rings (SSSR count). The van der Waals surface area contributed by atoms with Gasteiger partial charge in [-0.1, -0.05) is 30.3 Å². The Morgan fingerprint density at radius 3 is 2.26 bits per heavy atom. The lowest BCUT2D eigenvalue weighted by molar-refractivity contribution is -0.0518. The molecular formula is C17H28FNO4. The highest BCUT2D eigenvalue weighted by Gasteiger charge is 2.10. The average Bonchev–Trinajstić information content (AvgIpc) is 2.54. The maximum atomic E-state index is 12.7. The number of rotatable bonds is 13. The van der Waals surface area contributed by atoms with E-state index in [4.69, 9.17) is 24.7 Å². The lowest BCUT2D eigenvalue weighted by Gasteiger charge is -2.15. The fourth-order valence-corrected chi connectivity index (χ4v) is 1.75. The van der Waals surface area contributed by atoms with Gasteiger partial charge in [-0.3, -0.25) is 0 Å². The van der Waals surface area contributed by atoms with E-state index in [0.717, 1.165) is 5.56 Å². The van der Waals surface area contributed by atoms with Crippen LogP contribution in [-0.4, -0.2) is 51.5 Å². The van der Waals surface area contributed by atoms with Crippen molar-refractivity contribution >= 4 is 0 Å². The Morgan fingerprint density at radius 2 is 1.61 bits per heavy atom. The molecule has 1 aromatic rings. The molecule has 3 atom stereocenters. The number of hydrogen-bond donors (Lipinski definition) is 1. The molecule has 0 saturated heterocycles. The van der Waals surface area contributed by atoms with Crippen molar-refractivity contribution in [3.05, 3.63) is 35.9 Å². The van der Waals surface area contributed by atoms with Crippen molar-refractivity contribution in [2.24, 2.45) is 5.73 Å². The molecule has 3 unspecified atom stereocenters. The molecule has 2 N–H and O–H groups in total. The number of benzene rings is 1. The first kappa shape index (κ1) is 20.0. The molecule has 132 valence electrons. The molecule has 0 amide bonds. The summed E-state index contributed by atoms with van der Waals surface area (Å²) in [5.41, 5.74) is 6.54. The van der Waals surface area contributed by atoms with E-state index in [1.165, 1.54) is 6.92 Å². The molecule has 6 heteroatoms. The van der Waals surface area contributed by atoms with E-state index >= 15 is 0 Å². The van der Waals surface area contributed by atoms with Gasteiger partial charge >= 0.3 is 0 Å². The molecule has 1 aromatic carbocycles. The monoisotopic (exact) mass is 329 g/mol. The van der Waals surface area contributed by atoms with E-state index in [1.807, 2.05) is 37.3 Å². The largest absolute Gasteiger partial charge is 0.377 e. The fraction of sp³-hybridized carbons (Fsp3) is 0.647. The minimum atomic E-state index is -1.19. The van der Waals surface area contributed by atoms with Crippen molar-refractivity contribution < 1.29 is 23.3 Å². The summed E-state index contributed by atoms with van der Waals surface area (Å²) < 4.78 is 34.2. The van der Waals surface area contributed by atoms with Crippen molar-refractivity contribution in [3.8, 4) is 0 Å². The smallest absolute Gasteiger partial charge is 0.137 e. The molecule has 0 radical (unpaired) electrons. The lowest BCUT2D eigenvalue weighted by atomic mass is 10.2. The molecule has 0 fully saturated rings. The van der Waals surface area contributed by atoms with Crippen LogP contribution in [-0.2, 0) is 25.6 Å². The number of alkyl halides is 1. The van der Waals surface area contributed by atoms with Gasteiger partial charge in [0, 0.05) is 0 Å². The van der Waals surface area contributed by atoms with Crippen LogP contribution in [0.25, 0.3) is 0 Å². The van der Waals surface area contributed by atoms with Crippen LogP contribution in [0.2, 0.25) is 0 Å². The summed E-state index contributed by atoms with van der Waals surface area (Å²) in [6.45, 7) is 5.98. The van der Waals surface area contributed by atoms with Gasteiger partial charge in [-0.15, -0.1) is 0 Å². The summed E-state index contributed by atoms with van der Waals surface area (Å²) in [4.78, 5) is 0. The zero-order valence-electron chi connectivity index (χ0n) is 13.9. The Labute approximate surface area is 137 Å². The molecule has 0 aliphatic carbocycles. The van der Waals surface area contributed by atoms with Gasteiger partial charge in [0.25, 0.3) is 0 Å². The topological polar surface area (TPSA) is 62.9 Å². The normalized spacial score (nSPS) is 15.3. The molecule has 0 aliphatic rings. The summed E-state index contributed by atoms with van der Waals surface area (Å²) in [5.74, 6) is 0. The van der Waals surface area contributed by atoms with Crippen molar-refractivity contribution in [1.82, 2.24) is 0 Å². The van der Waals surface area contributed by atoms with Crippen LogP contribution < -0.4 is 5.73 Å². The highest BCUT2D eigenvalue weighted by molar-refractivity contribution is 5.13. The van der Waals surface area contributed by atoms with Gasteiger partial charge in [0.1, 0.15) is 12.4 Å². The number of nitrogens with two attached hydrogens (primary N) is 1. The Morgan fingerprint density at radius 1 is 0.957 bits per heavy atom. The minimum absolute atomic E-state index is 0.000582. The van der Waals surface area contributed by atoms with Crippen LogP contribution in [0.15, 0.2) is 30.3 Å². The minimum Gasteiger partial charge on any atom is -0.377 e.